The van der Waals surface area contributed by atoms with Crippen molar-refractivity contribution in [2.75, 3.05) is 26.7 Å². The van der Waals surface area contributed by atoms with E-state index >= 15 is 0 Å². The van der Waals surface area contributed by atoms with E-state index in [4.69, 9.17) is 4.42 Å². The number of likely N-dealkylation sites (N-methyl/N-ethyl adjacent to an activating group) is 2. The maximum atomic E-state index is 12.1. The molecule has 2 rings (SSSR count). The number of hydrogen-bond acceptors (Lipinski definition) is 5. The number of amides is 1. The number of halogens is 1. The number of nitrogens with zero attached hydrogens (tertiary/aromatic N) is 4. The second kappa shape index (κ2) is 8.21. The van der Waals surface area contributed by atoms with Gasteiger partial charge < -0.3 is 9.32 Å². The number of carbonyl (C=O) groups is 1. The molecule has 6 nitrogen and oxygen atoms in total. The van der Waals surface area contributed by atoms with E-state index < -0.39 is 0 Å². The number of rotatable bonds is 7. The lowest BCUT2D eigenvalue weighted by Crippen LogP contribution is -2.38. The Bertz CT molecular complexity index is 638. The SMILES string of the molecule is CCN(CC)C(=O)CN(C)Cc1nnc(-c2ccc(Br)cc2)o1. The molecule has 1 aromatic carbocycles. The zero-order chi connectivity index (χ0) is 16.8. The molecule has 1 aromatic heterocycles. The van der Waals surface area contributed by atoms with Crippen LogP contribution in [0, 0.1) is 0 Å². The highest BCUT2D eigenvalue weighted by molar-refractivity contribution is 9.10. The Kier molecular flexibility index (Phi) is 6.29. The molecule has 0 aliphatic carbocycles. The minimum Gasteiger partial charge on any atom is -0.419 e. The zero-order valence-corrected chi connectivity index (χ0v) is 15.2. The highest BCUT2D eigenvalue weighted by Crippen LogP contribution is 2.20. The third-order valence-corrected chi connectivity index (χ3v) is 4.01. The van der Waals surface area contributed by atoms with Crippen LogP contribution in [0.25, 0.3) is 11.5 Å². The smallest absolute Gasteiger partial charge is 0.247 e. The average Bonchev–Trinajstić information content (AvgIpc) is 2.97. The summed E-state index contributed by atoms with van der Waals surface area (Å²) in [6.07, 6.45) is 0. The van der Waals surface area contributed by atoms with Crippen molar-refractivity contribution in [1.82, 2.24) is 20.0 Å². The van der Waals surface area contributed by atoms with E-state index in [1.54, 1.807) is 4.90 Å². The van der Waals surface area contributed by atoms with Gasteiger partial charge in [0.15, 0.2) is 0 Å². The topological polar surface area (TPSA) is 62.5 Å². The maximum absolute atomic E-state index is 12.1. The number of benzene rings is 1. The Morgan fingerprint density at radius 3 is 2.43 bits per heavy atom. The molecule has 124 valence electrons. The van der Waals surface area contributed by atoms with Gasteiger partial charge in [0.25, 0.3) is 0 Å². The zero-order valence-electron chi connectivity index (χ0n) is 13.6. The Morgan fingerprint density at radius 2 is 1.83 bits per heavy atom. The predicted octanol–water partition coefficient (Wildman–Crippen LogP) is 2.80. The van der Waals surface area contributed by atoms with Gasteiger partial charge in [-0.15, -0.1) is 10.2 Å². The van der Waals surface area contributed by atoms with Gasteiger partial charge in [0, 0.05) is 23.1 Å². The second-order valence-corrected chi connectivity index (χ2v) is 6.16. The molecular weight excluding hydrogens is 360 g/mol. The Morgan fingerprint density at radius 1 is 1.17 bits per heavy atom. The van der Waals surface area contributed by atoms with Crippen LogP contribution >= 0.6 is 15.9 Å². The molecule has 0 bridgehead atoms. The quantitative estimate of drug-likeness (QED) is 0.738. The van der Waals surface area contributed by atoms with Crippen LogP contribution in [0.3, 0.4) is 0 Å². The van der Waals surface area contributed by atoms with E-state index in [2.05, 4.69) is 26.1 Å². The molecule has 0 spiro atoms. The van der Waals surface area contributed by atoms with Crippen LogP contribution in [0.4, 0.5) is 0 Å². The molecule has 1 heterocycles. The number of aromatic nitrogens is 2. The summed E-state index contributed by atoms with van der Waals surface area (Å²) in [6, 6.07) is 7.67. The van der Waals surface area contributed by atoms with E-state index in [-0.39, 0.29) is 5.91 Å². The molecule has 23 heavy (non-hydrogen) atoms. The van der Waals surface area contributed by atoms with Crippen molar-refractivity contribution in [2.24, 2.45) is 0 Å². The standard InChI is InChI=1S/C16H21BrN4O2/c1-4-21(5-2)15(22)11-20(3)10-14-18-19-16(23-14)12-6-8-13(17)9-7-12/h6-9H,4-5,10-11H2,1-3H3. The third-order valence-electron chi connectivity index (χ3n) is 3.48. The van der Waals surface area contributed by atoms with Crippen molar-refractivity contribution in [3.63, 3.8) is 0 Å². The van der Waals surface area contributed by atoms with Crippen LogP contribution in [0.15, 0.2) is 33.2 Å². The maximum Gasteiger partial charge on any atom is 0.247 e. The summed E-state index contributed by atoms with van der Waals surface area (Å²) in [6.45, 7) is 6.16. The molecule has 0 aliphatic rings. The van der Waals surface area contributed by atoms with Gasteiger partial charge in [0.05, 0.1) is 13.1 Å². The fraction of sp³-hybridized carbons (Fsp3) is 0.438. The van der Waals surface area contributed by atoms with Crippen molar-refractivity contribution in [1.29, 1.82) is 0 Å². The van der Waals surface area contributed by atoms with Gasteiger partial charge in [0.1, 0.15) is 0 Å². The summed E-state index contributed by atoms with van der Waals surface area (Å²) < 4.78 is 6.67. The number of carbonyl (C=O) groups excluding carboxylic acids is 1. The minimum atomic E-state index is 0.102. The molecular formula is C16H21BrN4O2. The molecule has 1 amide bonds. The fourth-order valence-electron chi connectivity index (χ4n) is 2.22. The van der Waals surface area contributed by atoms with E-state index in [1.807, 2.05) is 50.1 Å². The largest absolute Gasteiger partial charge is 0.419 e. The predicted molar refractivity (Wildman–Crippen MR) is 91.7 cm³/mol. The van der Waals surface area contributed by atoms with Gasteiger partial charge in [-0.25, -0.2) is 0 Å². The number of hydrogen-bond donors (Lipinski definition) is 0. The van der Waals surface area contributed by atoms with Gasteiger partial charge in [-0.1, -0.05) is 15.9 Å². The van der Waals surface area contributed by atoms with Crippen molar-refractivity contribution < 1.29 is 9.21 Å². The normalized spacial score (nSPS) is 11.0. The van der Waals surface area contributed by atoms with Crippen molar-refractivity contribution in [3.05, 3.63) is 34.6 Å². The first-order valence-corrected chi connectivity index (χ1v) is 8.37. The summed E-state index contributed by atoms with van der Waals surface area (Å²) in [7, 11) is 1.87. The first kappa shape index (κ1) is 17.6. The Hall–Kier alpha value is -1.73. The van der Waals surface area contributed by atoms with Crippen LogP contribution in [0.1, 0.15) is 19.7 Å². The second-order valence-electron chi connectivity index (χ2n) is 5.25. The van der Waals surface area contributed by atoms with Crippen molar-refractivity contribution >= 4 is 21.8 Å². The summed E-state index contributed by atoms with van der Waals surface area (Å²) in [5.74, 6) is 1.08. The first-order valence-electron chi connectivity index (χ1n) is 7.58. The molecule has 0 unspecified atom stereocenters. The molecule has 2 aromatic rings. The van der Waals surface area contributed by atoms with Crippen molar-refractivity contribution in [2.45, 2.75) is 20.4 Å². The highest BCUT2D eigenvalue weighted by atomic mass is 79.9. The fourth-order valence-corrected chi connectivity index (χ4v) is 2.48. The molecule has 0 radical (unpaired) electrons. The van der Waals surface area contributed by atoms with Gasteiger partial charge >= 0.3 is 0 Å². The highest BCUT2D eigenvalue weighted by Gasteiger charge is 2.15. The summed E-state index contributed by atoms with van der Waals surface area (Å²) in [4.78, 5) is 15.8. The van der Waals surface area contributed by atoms with E-state index in [0.717, 1.165) is 23.1 Å². The monoisotopic (exact) mass is 380 g/mol. The van der Waals surface area contributed by atoms with Gasteiger partial charge in [-0.05, 0) is 45.2 Å². The van der Waals surface area contributed by atoms with E-state index in [1.165, 1.54) is 0 Å². The van der Waals surface area contributed by atoms with Crippen LogP contribution in [0.5, 0.6) is 0 Å². The molecule has 0 atom stereocenters. The van der Waals surface area contributed by atoms with E-state index in [9.17, 15) is 4.79 Å². The van der Waals surface area contributed by atoms with Crippen LogP contribution in [0.2, 0.25) is 0 Å². The summed E-state index contributed by atoms with van der Waals surface area (Å²) in [5.41, 5.74) is 0.869. The third kappa shape index (κ3) is 4.87. The van der Waals surface area contributed by atoms with Gasteiger partial charge in [-0.3, -0.25) is 9.69 Å². The molecule has 0 saturated heterocycles. The molecule has 0 aliphatic heterocycles. The van der Waals surface area contributed by atoms with Crippen LogP contribution in [-0.2, 0) is 11.3 Å². The Balaban J connectivity index is 1.96. The lowest BCUT2D eigenvalue weighted by Gasteiger charge is -2.22. The summed E-state index contributed by atoms with van der Waals surface area (Å²) >= 11 is 3.39. The molecule has 0 saturated carbocycles. The van der Waals surface area contributed by atoms with E-state index in [0.29, 0.717) is 24.9 Å². The molecule has 7 heteroatoms. The van der Waals surface area contributed by atoms with Gasteiger partial charge in [0.2, 0.25) is 17.7 Å². The minimum absolute atomic E-state index is 0.102. The van der Waals surface area contributed by atoms with Crippen LogP contribution < -0.4 is 0 Å². The van der Waals surface area contributed by atoms with Crippen LogP contribution in [-0.4, -0.2) is 52.6 Å². The molecule has 0 N–H and O–H groups in total. The van der Waals surface area contributed by atoms with Gasteiger partial charge in [-0.2, -0.15) is 0 Å². The lowest BCUT2D eigenvalue weighted by molar-refractivity contribution is -0.131. The average molecular weight is 381 g/mol. The lowest BCUT2D eigenvalue weighted by atomic mass is 10.2. The Labute approximate surface area is 144 Å². The van der Waals surface area contributed by atoms with Crippen molar-refractivity contribution in [3.8, 4) is 11.5 Å². The summed E-state index contributed by atoms with van der Waals surface area (Å²) in [5, 5.41) is 8.11. The molecule has 0 fully saturated rings. The first-order chi connectivity index (χ1) is 11.0.